The van der Waals surface area contributed by atoms with Gasteiger partial charge in [0.1, 0.15) is 5.54 Å². The zero-order chi connectivity index (χ0) is 20.0. The Kier molecular flexibility index (Phi) is 6.76. The first-order chi connectivity index (χ1) is 12.9. The third kappa shape index (κ3) is 4.20. The molecule has 0 spiro atoms. The van der Waals surface area contributed by atoms with Crippen molar-refractivity contribution < 1.29 is 34.0 Å². The molecule has 1 saturated heterocycles. The number of ether oxygens (including phenoxy) is 3. The Morgan fingerprint density at radius 3 is 2.19 bits per heavy atom. The maximum atomic E-state index is 12.0. The molecular formula is C19H27NO7. The fourth-order valence-corrected chi connectivity index (χ4v) is 3.77. The van der Waals surface area contributed by atoms with Gasteiger partial charge in [-0.25, -0.2) is 9.59 Å². The fourth-order valence-electron chi connectivity index (χ4n) is 3.77. The normalized spacial score (nSPS) is 19.4. The maximum Gasteiger partial charge on any atom is 0.408 e. The van der Waals surface area contributed by atoms with Crippen LogP contribution in [0.15, 0.2) is 12.1 Å². The molecule has 1 atom stereocenters. The Balaban J connectivity index is 2.18. The van der Waals surface area contributed by atoms with Gasteiger partial charge in [-0.3, -0.25) is 4.90 Å². The minimum atomic E-state index is -1.36. The van der Waals surface area contributed by atoms with Crippen LogP contribution in [0.3, 0.4) is 0 Å². The van der Waals surface area contributed by atoms with Crippen LogP contribution in [-0.2, 0) is 11.2 Å². The number of carbonyl (C=O) groups is 2. The summed E-state index contributed by atoms with van der Waals surface area (Å²) in [7, 11) is 4.60. The predicted molar refractivity (Wildman–Crippen MR) is 98.0 cm³/mol. The summed E-state index contributed by atoms with van der Waals surface area (Å²) < 4.78 is 16.0. The van der Waals surface area contributed by atoms with Crippen LogP contribution in [0.4, 0.5) is 4.79 Å². The molecule has 8 heteroatoms. The smallest absolute Gasteiger partial charge is 0.408 e. The molecule has 27 heavy (non-hydrogen) atoms. The summed E-state index contributed by atoms with van der Waals surface area (Å²) in [6.07, 6.45) is 1.90. The van der Waals surface area contributed by atoms with Crippen LogP contribution in [0.1, 0.15) is 37.7 Å². The third-order valence-corrected chi connectivity index (χ3v) is 5.15. The van der Waals surface area contributed by atoms with Gasteiger partial charge in [0.25, 0.3) is 0 Å². The lowest BCUT2D eigenvalue weighted by Crippen LogP contribution is -2.59. The molecule has 1 amide bonds. The van der Waals surface area contributed by atoms with Crippen LogP contribution in [0.5, 0.6) is 17.2 Å². The molecule has 0 unspecified atom stereocenters. The summed E-state index contributed by atoms with van der Waals surface area (Å²) in [6, 6.07) is 3.65. The van der Waals surface area contributed by atoms with Gasteiger partial charge in [-0.15, -0.1) is 0 Å². The lowest BCUT2D eigenvalue weighted by atomic mass is 9.82. The number of aryl methyl sites for hydroxylation is 1. The number of rotatable bonds is 8. The fraction of sp³-hybridized carbons (Fsp3) is 0.579. The predicted octanol–water partition coefficient (Wildman–Crippen LogP) is 3.02. The minimum Gasteiger partial charge on any atom is -0.493 e. The second kappa shape index (κ2) is 8.83. The van der Waals surface area contributed by atoms with Gasteiger partial charge in [0.05, 0.1) is 21.3 Å². The first kappa shape index (κ1) is 20.7. The topological polar surface area (TPSA) is 106 Å². The van der Waals surface area contributed by atoms with Crippen molar-refractivity contribution in [2.24, 2.45) is 0 Å². The summed E-state index contributed by atoms with van der Waals surface area (Å²) in [5, 5.41) is 19.2. The Labute approximate surface area is 158 Å². The van der Waals surface area contributed by atoms with Gasteiger partial charge in [-0.1, -0.05) is 0 Å². The second-order valence-corrected chi connectivity index (χ2v) is 6.62. The van der Waals surface area contributed by atoms with Crippen molar-refractivity contribution in [3.8, 4) is 17.2 Å². The Morgan fingerprint density at radius 2 is 1.70 bits per heavy atom. The van der Waals surface area contributed by atoms with E-state index in [-0.39, 0.29) is 13.0 Å². The van der Waals surface area contributed by atoms with Gasteiger partial charge < -0.3 is 24.4 Å². The number of likely N-dealkylation sites (tertiary alicyclic amines) is 1. The van der Waals surface area contributed by atoms with Crippen molar-refractivity contribution in [3.63, 3.8) is 0 Å². The number of amides is 1. The third-order valence-electron chi connectivity index (χ3n) is 5.15. The van der Waals surface area contributed by atoms with Crippen molar-refractivity contribution in [2.45, 2.75) is 44.1 Å². The van der Waals surface area contributed by atoms with Gasteiger partial charge in [0.15, 0.2) is 11.5 Å². The number of carboxylic acids is 1. The second-order valence-electron chi connectivity index (χ2n) is 6.62. The van der Waals surface area contributed by atoms with Crippen molar-refractivity contribution in [2.75, 3.05) is 27.9 Å². The Bertz CT molecular complexity index is 666. The van der Waals surface area contributed by atoms with E-state index in [1.807, 2.05) is 12.1 Å². The van der Waals surface area contributed by atoms with E-state index in [9.17, 15) is 19.8 Å². The number of aliphatic carboxylic acids is 1. The molecule has 2 N–H and O–H groups in total. The number of hydrogen-bond acceptors (Lipinski definition) is 5. The number of nitrogens with zero attached hydrogens (tertiary/aromatic N) is 1. The van der Waals surface area contributed by atoms with Crippen molar-refractivity contribution in [1.82, 2.24) is 4.90 Å². The molecule has 150 valence electrons. The molecule has 0 saturated carbocycles. The van der Waals surface area contributed by atoms with Crippen molar-refractivity contribution in [1.29, 1.82) is 0 Å². The van der Waals surface area contributed by atoms with Gasteiger partial charge in [-0.2, -0.15) is 0 Å². The molecule has 0 bridgehead atoms. The largest absolute Gasteiger partial charge is 0.493 e. The summed E-state index contributed by atoms with van der Waals surface area (Å²) >= 11 is 0. The average Bonchev–Trinajstić information content (AvgIpc) is 2.66. The molecule has 1 aliphatic rings. The molecule has 8 nitrogen and oxygen atoms in total. The van der Waals surface area contributed by atoms with Gasteiger partial charge >= 0.3 is 12.1 Å². The van der Waals surface area contributed by atoms with E-state index in [0.717, 1.165) is 10.5 Å². The van der Waals surface area contributed by atoms with Crippen molar-refractivity contribution in [3.05, 3.63) is 17.7 Å². The van der Waals surface area contributed by atoms with E-state index in [4.69, 9.17) is 14.2 Å². The van der Waals surface area contributed by atoms with Crippen LogP contribution in [0, 0.1) is 0 Å². The van der Waals surface area contributed by atoms with E-state index in [2.05, 4.69) is 0 Å². The first-order valence-electron chi connectivity index (χ1n) is 8.92. The molecule has 1 fully saturated rings. The Morgan fingerprint density at radius 1 is 1.07 bits per heavy atom. The van der Waals surface area contributed by atoms with Crippen LogP contribution in [0.25, 0.3) is 0 Å². The molecule has 1 heterocycles. The minimum absolute atomic E-state index is 0.255. The highest BCUT2D eigenvalue weighted by atomic mass is 16.5. The molecular weight excluding hydrogens is 354 g/mol. The highest BCUT2D eigenvalue weighted by molar-refractivity contribution is 5.84. The SMILES string of the molecule is COc1cc(CCC[C@@]2(C(=O)O)CCCCN2C(=O)O)cc(OC)c1OC. The molecule has 1 aromatic rings. The van der Waals surface area contributed by atoms with Crippen LogP contribution in [0.2, 0.25) is 0 Å². The summed E-state index contributed by atoms with van der Waals surface area (Å²) in [4.78, 5) is 24.6. The Hall–Kier alpha value is -2.64. The molecule has 2 rings (SSSR count). The van der Waals surface area contributed by atoms with Crippen LogP contribution < -0.4 is 14.2 Å². The number of benzene rings is 1. The van der Waals surface area contributed by atoms with Gasteiger partial charge in [0.2, 0.25) is 5.75 Å². The van der Waals surface area contributed by atoms with E-state index in [1.165, 1.54) is 21.3 Å². The monoisotopic (exact) mass is 381 g/mol. The number of piperidine rings is 1. The molecule has 0 aromatic heterocycles. The molecule has 0 radical (unpaired) electrons. The van der Waals surface area contributed by atoms with Gasteiger partial charge in [0, 0.05) is 6.54 Å². The summed E-state index contributed by atoms with van der Waals surface area (Å²) in [6.45, 7) is 0.256. The number of methoxy groups -OCH3 is 3. The van der Waals surface area contributed by atoms with Crippen molar-refractivity contribution >= 4 is 12.1 Å². The van der Waals surface area contributed by atoms with E-state index in [1.54, 1.807) is 0 Å². The average molecular weight is 381 g/mol. The van der Waals surface area contributed by atoms with E-state index in [0.29, 0.717) is 49.4 Å². The summed E-state index contributed by atoms with van der Waals surface area (Å²) in [5.41, 5.74) is -0.451. The number of carboxylic acid groups (broad SMARTS) is 2. The zero-order valence-electron chi connectivity index (χ0n) is 16.0. The van der Waals surface area contributed by atoms with Crippen LogP contribution in [-0.4, -0.2) is 60.6 Å². The van der Waals surface area contributed by atoms with E-state index < -0.39 is 17.6 Å². The highest BCUT2D eigenvalue weighted by Gasteiger charge is 2.47. The van der Waals surface area contributed by atoms with Crippen LogP contribution >= 0.6 is 0 Å². The molecule has 1 aliphatic heterocycles. The lowest BCUT2D eigenvalue weighted by Gasteiger charge is -2.42. The number of hydrogen-bond donors (Lipinski definition) is 2. The highest BCUT2D eigenvalue weighted by Crippen LogP contribution is 2.39. The lowest BCUT2D eigenvalue weighted by molar-refractivity contribution is -0.153. The van der Waals surface area contributed by atoms with E-state index >= 15 is 0 Å². The van der Waals surface area contributed by atoms with Gasteiger partial charge in [-0.05, 0) is 56.2 Å². The first-order valence-corrected chi connectivity index (χ1v) is 8.92. The molecule has 0 aliphatic carbocycles. The summed E-state index contributed by atoms with van der Waals surface area (Å²) in [5.74, 6) is 0.485. The molecule has 1 aromatic carbocycles. The zero-order valence-corrected chi connectivity index (χ0v) is 16.0. The standard InChI is InChI=1S/C19H27NO7/c1-25-14-11-13(12-15(26-2)16(14)27-3)7-6-9-19(17(21)22)8-4-5-10-20(19)18(23)24/h11-12H,4-10H2,1-3H3,(H,21,22)(H,23,24)/t19-/m1/s1. The quantitative estimate of drug-likeness (QED) is 0.713. The maximum absolute atomic E-state index is 12.0.